The van der Waals surface area contributed by atoms with Crippen molar-refractivity contribution in [3.8, 4) is 0 Å². The van der Waals surface area contributed by atoms with E-state index in [1.807, 2.05) is 18.2 Å². The van der Waals surface area contributed by atoms with E-state index in [2.05, 4.69) is 38.3 Å². The minimum Gasteiger partial charge on any atom is -0.366 e. The summed E-state index contributed by atoms with van der Waals surface area (Å²) in [7, 11) is 0. The molecule has 2 aromatic carbocycles. The maximum Gasteiger partial charge on any atom is 0.283 e. The van der Waals surface area contributed by atoms with Crippen molar-refractivity contribution in [2.24, 2.45) is 0 Å². The minimum absolute atomic E-state index is 0.110. The third kappa shape index (κ3) is 3.13. The summed E-state index contributed by atoms with van der Waals surface area (Å²) < 4.78 is 0.513. The van der Waals surface area contributed by atoms with Gasteiger partial charge in [-0.3, -0.25) is 10.1 Å². The van der Waals surface area contributed by atoms with Crippen molar-refractivity contribution < 1.29 is 4.92 Å². The summed E-state index contributed by atoms with van der Waals surface area (Å²) in [6.07, 6.45) is 0. The Hall–Kier alpha value is -1.92. The monoisotopic (exact) mass is 361 g/mol. The summed E-state index contributed by atoms with van der Waals surface area (Å²) in [6.45, 7) is 3.29. The summed E-state index contributed by atoms with van der Waals surface area (Å²) in [5.74, 6) is 0. The summed E-state index contributed by atoms with van der Waals surface area (Å²) >= 11 is 3.23. The lowest BCUT2D eigenvalue weighted by Gasteiger charge is -2.24. The predicted molar refractivity (Wildman–Crippen MR) is 90.0 cm³/mol. The van der Waals surface area contributed by atoms with E-state index in [4.69, 9.17) is 0 Å². The van der Waals surface area contributed by atoms with E-state index < -0.39 is 0 Å². The molecule has 1 aliphatic heterocycles. The maximum absolute atomic E-state index is 11.1. The van der Waals surface area contributed by atoms with Crippen LogP contribution in [0.2, 0.25) is 0 Å². The van der Waals surface area contributed by atoms with Crippen molar-refractivity contribution in [3.63, 3.8) is 0 Å². The van der Waals surface area contributed by atoms with Crippen LogP contribution in [0.1, 0.15) is 11.1 Å². The van der Waals surface area contributed by atoms with Crippen LogP contribution in [0.5, 0.6) is 0 Å². The van der Waals surface area contributed by atoms with E-state index in [1.54, 1.807) is 12.1 Å². The van der Waals surface area contributed by atoms with Crippen LogP contribution in [0, 0.1) is 10.1 Å². The Balaban J connectivity index is 1.90. The van der Waals surface area contributed by atoms with Crippen molar-refractivity contribution in [1.82, 2.24) is 5.32 Å². The number of hydrogen-bond donors (Lipinski definition) is 1. The molecule has 3 rings (SSSR count). The van der Waals surface area contributed by atoms with Gasteiger partial charge in [0.05, 0.1) is 9.40 Å². The van der Waals surface area contributed by atoms with E-state index in [-0.39, 0.29) is 10.6 Å². The number of nitrogens with one attached hydrogen (secondary N) is 1. The highest BCUT2D eigenvalue weighted by atomic mass is 79.9. The van der Waals surface area contributed by atoms with Crippen LogP contribution in [0.3, 0.4) is 0 Å². The number of para-hydroxylation sites is 1. The van der Waals surface area contributed by atoms with Gasteiger partial charge in [-0.25, -0.2) is 0 Å². The molecule has 0 saturated carbocycles. The first-order valence-corrected chi connectivity index (χ1v) is 7.91. The number of hydrogen-bond acceptors (Lipinski definition) is 4. The molecule has 2 aromatic rings. The van der Waals surface area contributed by atoms with Crippen molar-refractivity contribution in [3.05, 3.63) is 68.2 Å². The quantitative estimate of drug-likeness (QED) is 0.671. The van der Waals surface area contributed by atoms with Crippen molar-refractivity contribution >= 4 is 27.3 Å². The third-order valence-corrected chi connectivity index (χ3v) is 4.46. The highest BCUT2D eigenvalue weighted by Crippen LogP contribution is 2.28. The molecule has 6 heteroatoms. The van der Waals surface area contributed by atoms with Gasteiger partial charge in [0.2, 0.25) is 0 Å². The zero-order valence-corrected chi connectivity index (χ0v) is 13.5. The number of fused-ring (bicyclic) bond motifs is 1. The van der Waals surface area contributed by atoms with Gasteiger partial charge in [-0.2, -0.15) is 0 Å². The highest BCUT2D eigenvalue weighted by Gasteiger charge is 2.17. The molecule has 0 bridgehead atoms. The van der Waals surface area contributed by atoms with E-state index in [0.717, 1.165) is 25.2 Å². The lowest BCUT2D eigenvalue weighted by Crippen LogP contribution is -2.28. The smallest absolute Gasteiger partial charge is 0.283 e. The van der Waals surface area contributed by atoms with Crippen LogP contribution in [-0.4, -0.2) is 18.0 Å². The van der Waals surface area contributed by atoms with Gasteiger partial charge in [0.25, 0.3) is 5.69 Å². The first kappa shape index (κ1) is 15.0. The number of nitro benzene ring substituents is 1. The van der Waals surface area contributed by atoms with Gasteiger partial charge in [0.1, 0.15) is 0 Å². The third-order valence-electron chi connectivity index (χ3n) is 3.79. The molecule has 0 saturated heterocycles. The van der Waals surface area contributed by atoms with E-state index >= 15 is 0 Å². The molecule has 1 aliphatic rings. The molecule has 0 amide bonds. The van der Waals surface area contributed by atoms with Crippen LogP contribution in [0.4, 0.5) is 11.4 Å². The Morgan fingerprint density at radius 2 is 2.09 bits per heavy atom. The van der Waals surface area contributed by atoms with E-state index in [9.17, 15) is 10.1 Å². The average Bonchev–Trinajstić information content (AvgIpc) is 2.72. The molecule has 1 heterocycles. The zero-order chi connectivity index (χ0) is 15.5. The van der Waals surface area contributed by atoms with E-state index in [1.165, 1.54) is 11.3 Å². The zero-order valence-electron chi connectivity index (χ0n) is 12.0. The molecule has 0 spiro atoms. The van der Waals surface area contributed by atoms with Crippen LogP contribution in [-0.2, 0) is 13.1 Å². The Labute approximate surface area is 137 Å². The van der Waals surface area contributed by atoms with Crippen molar-refractivity contribution in [2.45, 2.75) is 13.1 Å². The van der Waals surface area contributed by atoms with Crippen LogP contribution in [0.15, 0.2) is 46.9 Å². The summed E-state index contributed by atoms with van der Waals surface area (Å²) in [5.41, 5.74) is 3.50. The molecule has 0 aliphatic carbocycles. The van der Waals surface area contributed by atoms with Crippen LogP contribution in [0.25, 0.3) is 0 Å². The van der Waals surface area contributed by atoms with Gasteiger partial charge < -0.3 is 10.2 Å². The standard InChI is InChI=1S/C16H16BrN3O2/c17-14-6-5-12(9-16(14)20(21)22)11-19-8-7-18-10-13-3-1-2-4-15(13)19/h1-6,9,18H,7-8,10-11H2. The molecule has 0 radical (unpaired) electrons. The van der Waals surface area contributed by atoms with E-state index in [0.29, 0.717) is 11.0 Å². The highest BCUT2D eigenvalue weighted by molar-refractivity contribution is 9.10. The molecule has 0 aromatic heterocycles. The molecular formula is C16H16BrN3O2. The van der Waals surface area contributed by atoms with Gasteiger partial charge >= 0.3 is 0 Å². The van der Waals surface area contributed by atoms with Gasteiger partial charge in [0.15, 0.2) is 0 Å². The number of benzene rings is 2. The molecule has 0 unspecified atom stereocenters. The fraction of sp³-hybridized carbons (Fsp3) is 0.250. The SMILES string of the molecule is O=[N+]([O-])c1cc(CN2CCNCc3ccccc32)ccc1Br. The predicted octanol–water partition coefficient (Wildman–Crippen LogP) is 3.47. The number of nitrogens with zero attached hydrogens (tertiary/aromatic N) is 2. The first-order valence-electron chi connectivity index (χ1n) is 7.11. The van der Waals surface area contributed by atoms with Gasteiger partial charge in [-0.05, 0) is 39.2 Å². The molecular weight excluding hydrogens is 346 g/mol. The largest absolute Gasteiger partial charge is 0.366 e. The van der Waals surface area contributed by atoms with Crippen molar-refractivity contribution in [2.75, 3.05) is 18.0 Å². The molecule has 114 valence electrons. The van der Waals surface area contributed by atoms with Gasteiger partial charge in [-0.15, -0.1) is 0 Å². The maximum atomic E-state index is 11.1. The lowest BCUT2D eigenvalue weighted by molar-refractivity contribution is -0.385. The first-order chi connectivity index (χ1) is 10.6. The second kappa shape index (κ2) is 6.46. The normalized spacial score (nSPS) is 14.3. The minimum atomic E-state index is -0.356. The lowest BCUT2D eigenvalue weighted by atomic mass is 10.1. The number of halogens is 1. The molecule has 0 atom stereocenters. The number of nitro groups is 1. The van der Waals surface area contributed by atoms with Crippen molar-refractivity contribution in [1.29, 1.82) is 0 Å². The second-order valence-corrected chi connectivity index (χ2v) is 6.12. The Bertz CT molecular complexity index is 706. The van der Waals surface area contributed by atoms with Crippen LogP contribution < -0.4 is 10.2 Å². The van der Waals surface area contributed by atoms with Crippen LogP contribution >= 0.6 is 15.9 Å². The Morgan fingerprint density at radius 3 is 2.91 bits per heavy atom. The second-order valence-electron chi connectivity index (χ2n) is 5.27. The van der Waals surface area contributed by atoms with Gasteiger partial charge in [0, 0.05) is 37.9 Å². The number of rotatable bonds is 3. The Kier molecular flexibility index (Phi) is 4.40. The molecule has 1 N–H and O–H groups in total. The Morgan fingerprint density at radius 1 is 1.27 bits per heavy atom. The summed E-state index contributed by atoms with van der Waals surface area (Å²) in [4.78, 5) is 13.0. The summed E-state index contributed by atoms with van der Waals surface area (Å²) in [6, 6.07) is 13.6. The average molecular weight is 362 g/mol. The molecule has 5 nitrogen and oxygen atoms in total. The molecule has 22 heavy (non-hydrogen) atoms. The fourth-order valence-electron chi connectivity index (χ4n) is 2.71. The number of anilines is 1. The topological polar surface area (TPSA) is 58.4 Å². The molecule has 0 fully saturated rings. The fourth-order valence-corrected chi connectivity index (χ4v) is 3.10. The van der Waals surface area contributed by atoms with Gasteiger partial charge in [-0.1, -0.05) is 24.3 Å². The summed E-state index contributed by atoms with van der Waals surface area (Å²) in [5, 5.41) is 14.5.